The monoisotopic (exact) mass is 343 g/mol. The van der Waals surface area contributed by atoms with Gasteiger partial charge in [-0.15, -0.1) is 0 Å². The Hall–Kier alpha value is -2.14. The van der Waals surface area contributed by atoms with Gasteiger partial charge in [0.15, 0.2) is 0 Å². The standard InChI is InChI=1S/C20H25NO4/c1-3-25-18(22)11-15-9-10-16-12-17(20(23)24-2)19(15)21(16)13-14-7-5-4-6-8-14/h4-8,11,16-17,19H,3,9-10,12-13H2,1-2H3/b15-11-/t16-,17-,19+/m0/s1. The fourth-order valence-electron chi connectivity index (χ4n) is 4.14. The molecule has 0 aliphatic carbocycles. The number of piperidine rings is 1. The Kier molecular flexibility index (Phi) is 5.53. The molecule has 3 rings (SSSR count). The van der Waals surface area contributed by atoms with Crippen LogP contribution in [0.25, 0.3) is 0 Å². The van der Waals surface area contributed by atoms with Gasteiger partial charge in [-0.3, -0.25) is 9.69 Å². The Labute approximate surface area is 148 Å². The molecule has 134 valence electrons. The topological polar surface area (TPSA) is 55.8 Å². The predicted molar refractivity (Wildman–Crippen MR) is 93.6 cm³/mol. The molecule has 0 N–H and O–H groups in total. The first-order chi connectivity index (χ1) is 12.1. The molecule has 0 radical (unpaired) electrons. The van der Waals surface area contributed by atoms with Gasteiger partial charge in [0.25, 0.3) is 0 Å². The van der Waals surface area contributed by atoms with E-state index in [-0.39, 0.29) is 23.9 Å². The Balaban J connectivity index is 1.89. The normalized spacial score (nSPS) is 27.3. The van der Waals surface area contributed by atoms with Crippen LogP contribution >= 0.6 is 0 Å². The van der Waals surface area contributed by atoms with Gasteiger partial charge in [0.2, 0.25) is 0 Å². The molecule has 0 spiro atoms. The van der Waals surface area contributed by atoms with Gasteiger partial charge >= 0.3 is 11.9 Å². The second-order valence-corrected chi connectivity index (χ2v) is 6.63. The Bertz CT molecular complexity index is 655. The third-order valence-corrected chi connectivity index (χ3v) is 5.18. The van der Waals surface area contributed by atoms with E-state index in [1.54, 1.807) is 13.0 Å². The number of rotatable bonds is 5. The van der Waals surface area contributed by atoms with E-state index in [2.05, 4.69) is 17.0 Å². The van der Waals surface area contributed by atoms with Crippen molar-refractivity contribution in [1.29, 1.82) is 0 Å². The highest BCUT2D eigenvalue weighted by molar-refractivity contribution is 5.84. The molecule has 2 aliphatic heterocycles. The van der Waals surface area contributed by atoms with E-state index in [0.29, 0.717) is 12.6 Å². The fraction of sp³-hybridized carbons (Fsp3) is 0.500. The van der Waals surface area contributed by atoms with Crippen LogP contribution in [0.5, 0.6) is 0 Å². The molecule has 2 heterocycles. The van der Waals surface area contributed by atoms with Gasteiger partial charge in [0.1, 0.15) is 0 Å². The molecule has 0 unspecified atom stereocenters. The summed E-state index contributed by atoms with van der Waals surface area (Å²) in [5, 5.41) is 0. The molecule has 5 heteroatoms. The number of fused-ring (bicyclic) bond motifs is 2. The Morgan fingerprint density at radius 1 is 1.28 bits per heavy atom. The Morgan fingerprint density at radius 2 is 2.04 bits per heavy atom. The lowest BCUT2D eigenvalue weighted by Gasteiger charge is -2.37. The van der Waals surface area contributed by atoms with Gasteiger partial charge in [-0.25, -0.2) is 4.79 Å². The SMILES string of the molecule is CCOC(=O)/C=C1/CC[C@H]2C[C@H](C(=O)OC)[C@@H]1N2Cc1ccccc1. The molecular weight excluding hydrogens is 318 g/mol. The van der Waals surface area contributed by atoms with Crippen LogP contribution < -0.4 is 0 Å². The van der Waals surface area contributed by atoms with Crippen molar-refractivity contribution in [3.05, 3.63) is 47.5 Å². The molecule has 3 atom stereocenters. The van der Waals surface area contributed by atoms with Crippen LogP contribution in [-0.4, -0.2) is 42.6 Å². The van der Waals surface area contributed by atoms with Crippen molar-refractivity contribution in [3.63, 3.8) is 0 Å². The minimum atomic E-state index is -0.328. The van der Waals surface area contributed by atoms with Crippen LogP contribution in [0.1, 0.15) is 31.7 Å². The van der Waals surface area contributed by atoms with Gasteiger partial charge < -0.3 is 9.47 Å². The highest BCUT2D eigenvalue weighted by atomic mass is 16.5. The molecule has 1 aromatic rings. The molecule has 2 fully saturated rings. The molecule has 2 bridgehead atoms. The van der Waals surface area contributed by atoms with E-state index in [0.717, 1.165) is 31.4 Å². The number of hydrogen-bond acceptors (Lipinski definition) is 5. The first-order valence-corrected chi connectivity index (χ1v) is 8.88. The molecule has 2 aliphatic rings. The number of esters is 2. The minimum absolute atomic E-state index is 0.0872. The number of benzene rings is 1. The molecule has 25 heavy (non-hydrogen) atoms. The van der Waals surface area contributed by atoms with E-state index >= 15 is 0 Å². The number of nitrogens with zero attached hydrogens (tertiary/aromatic N) is 1. The average molecular weight is 343 g/mol. The van der Waals surface area contributed by atoms with Crippen molar-refractivity contribution in [2.24, 2.45) is 5.92 Å². The van der Waals surface area contributed by atoms with Gasteiger partial charge in [-0.1, -0.05) is 30.3 Å². The van der Waals surface area contributed by atoms with E-state index < -0.39 is 0 Å². The Morgan fingerprint density at radius 3 is 2.72 bits per heavy atom. The van der Waals surface area contributed by atoms with Gasteiger partial charge in [0, 0.05) is 24.7 Å². The van der Waals surface area contributed by atoms with E-state index in [9.17, 15) is 9.59 Å². The largest absolute Gasteiger partial charge is 0.469 e. The maximum Gasteiger partial charge on any atom is 0.330 e. The summed E-state index contributed by atoms with van der Waals surface area (Å²) >= 11 is 0. The molecular formula is C20H25NO4. The van der Waals surface area contributed by atoms with Crippen molar-refractivity contribution in [2.75, 3.05) is 13.7 Å². The summed E-state index contributed by atoms with van der Waals surface area (Å²) in [4.78, 5) is 26.6. The fourth-order valence-corrected chi connectivity index (χ4v) is 4.14. The maximum atomic E-state index is 12.3. The van der Waals surface area contributed by atoms with Gasteiger partial charge in [0.05, 0.1) is 19.6 Å². The van der Waals surface area contributed by atoms with Gasteiger partial charge in [-0.05, 0) is 37.3 Å². The van der Waals surface area contributed by atoms with Crippen LogP contribution in [-0.2, 0) is 25.6 Å². The first kappa shape index (κ1) is 17.7. The summed E-state index contributed by atoms with van der Waals surface area (Å²) in [6.07, 6.45) is 4.14. The van der Waals surface area contributed by atoms with Gasteiger partial charge in [-0.2, -0.15) is 0 Å². The third-order valence-electron chi connectivity index (χ3n) is 5.18. The zero-order valence-electron chi connectivity index (χ0n) is 14.8. The summed E-state index contributed by atoms with van der Waals surface area (Å²) < 4.78 is 10.1. The number of carbonyl (C=O) groups excluding carboxylic acids is 2. The number of ether oxygens (including phenoxy) is 2. The highest BCUT2D eigenvalue weighted by Crippen LogP contribution is 2.43. The van der Waals surface area contributed by atoms with Crippen LogP contribution in [0.4, 0.5) is 0 Å². The van der Waals surface area contributed by atoms with Crippen LogP contribution in [0, 0.1) is 5.92 Å². The van der Waals surface area contributed by atoms with Crippen molar-refractivity contribution in [1.82, 2.24) is 4.90 Å². The summed E-state index contributed by atoms with van der Waals surface area (Å²) in [6, 6.07) is 10.5. The summed E-state index contributed by atoms with van der Waals surface area (Å²) in [6.45, 7) is 2.91. The van der Waals surface area contributed by atoms with E-state index in [1.807, 2.05) is 18.2 Å². The predicted octanol–water partition coefficient (Wildman–Crippen LogP) is 2.70. The van der Waals surface area contributed by atoms with E-state index in [1.165, 1.54) is 12.7 Å². The molecule has 2 saturated heterocycles. The quantitative estimate of drug-likeness (QED) is 0.608. The second kappa shape index (κ2) is 7.83. The van der Waals surface area contributed by atoms with Crippen molar-refractivity contribution < 1.29 is 19.1 Å². The number of carbonyl (C=O) groups is 2. The zero-order chi connectivity index (χ0) is 17.8. The van der Waals surface area contributed by atoms with Crippen molar-refractivity contribution >= 4 is 11.9 Å². The molecule has 5 nitrogen and oxygen atoms in total. The van der Waals surface area contributed by atoms with Crippen molar-refractivity contribution in [2.45, 2.75) is 44.8 Å². The lowest BCUT2D eigenvalue weighted by molar-refractivity contribution is -0.146. The van der Waals surface area contributed by atoms with Crippen LogP contribution in [0.15, 0.2) is 42.0 Å². The lowest BCUT2D eigenvalue weighted by atomic mass is 9.91. The van der Waals surface area contributed by atoms with E-state index in [4.69, 9.17) is 9.47 Å². The number of methoxy groups -OCH3 is 1. The molecule has 0 saturated carbocycles. The van der Waals surface area contributed by atoms with Crippen molar-refractivity contribution in [3.8, 4) is 0 Å². The van der Waals surface area contributed by atoms with Crippen LogP contribution in [0.2, 0.25) is 0 Å². The zero-order valence-corrected chi connectivity index (χ0v) is 14.8. The summed E-state index contributed by atoms with van der Waals surface area (Å²) in [5.74, 6) is -0.741. The average Bonchev–Trinajstić information content (AvgIpc) is 2.86. The smallest absolute Gasteiger partial charge is 0.330 e. The second-order valence-electron chi connectivity index (χ2n) is 6.63. The number of hydrogen-bond donors (Lipinski definition) is 0. The molecule has 0 aromatic heterocycles. The minimum Gasteiger partial charge on any atom is -0.469 e. The molecule has 1 aromatic carbocycles. The third kappa shape index (κ3) is 3.76. The first-order valence-electron chi connectivity index (χ1n) is 8.88. The van der Waals surface area contributed by atoms with Crippen LogP contribution in [0.3, 0.4) is 0 Å². The lowest BCUT2D eigenvalue weighted by Crippen LogP contribution is -2.43. The highest BCUT2D eigenvalue weighted by Gasteiger charge is 2.49. The summed E-state index contributed by atoms with van der Waals surface area (Å²) in [5.41, 5.74) is 2.19. The molecule has 0 amide bonds. The maximum absolute atomic E-state index is 12.3. The summed E-state index contributed by atoms with van der Waals surface area (Å²) in [7, 11) is 1.43.